The average molecular weight is 488 g/mol. The molecule has 0 aliphatic heterocycles. The number of carbonyl (C=O) groups excluding carboxylic acids is 1. The summed E-state index contributed by atoms with van der Waals surface area (Å²) < 4.78 is 3.41. The fourth-order valence-electron chi connectivity index (χ4n) is 4.12. The molecule has 0 aliphatic rings. The van der Waals surface area contributed by atoms with Crippen LogP contribution in [0, 0.1) is 0 Å². The van der Waals surface area contributed by atoms with Gasteiger partial charge in [0, 0.05) is 44.4 Å². The van der Waals surface area contributed by atoms with Crippen molar-refractivity contribution >= 4 is 44.6 Å². The fraction of sp³-hybridized carbons (Fsp3) is 0.214. The lowest BCUT2D eigenvalue weighted by Gasteiger charge is -2.12. The Bertz CT molecular complexity index is 1440. The van der Waals surface area contributed by atoms with Gasteiger partial charge in [-0.1, -0.05) is 48.9 Å². The van der Waals surface area contributed by atoms with Crippen LogP contribution in [0.4, 0.5) is 0 Å². The third kappa shape index (κ3) is 4.59. The van der Waals surface area contributed by atoms with Gasteiger partial charge in [0.15, 0.2) is 0 Å². The molecule has 6 heteroatoms. The first-order valence-electron chi connectivity index (χ1n) is 11.6. The van der Waals surface area contributed by atoms with E-state index < -0.39 is 0 Å². The van der Waals surface area contributed by atoms with Crippen LogP contribution in [0.3, 0.4) is 0 Å². The molecule has 0 saturated heterocycles. The number of thiophene rings is 1. The second-order valence-corrected chi connectivity index (χ2v) is 10.1. The maximum absolute atomic E-state index is 12.6. The largest absolute Gasteiger partial charge is 0.354 e. The summed E-state index contributed by atoms with van der Waals surface area (Å²) in [6.07, 6.45) is 4.06. The van der Waals surface area contributed by atoms with Gasteiger partial charge >= 0.3 is 0 Å². The standard InChI is InChI=1S/C28H26ClN3OS/c1-3-18(2)30-27(33)15-13-23-28(19-8-11-22(29)12-9-19)31-26-14-10-21(17-32(23)26)25-16-20-6-4-5-7-24(20)34-25/h4-12,14,16-18H,3,13,15H2,1-2H3,(H,30,33). The molecule has 0 fully saturated rings. The van der Waals surface area contributed by atoms with Gasteiger partial charge in [-0.15, -0.1) is 11.3 Å². The molecule has 2 aromatic carbocycles. The number of aryl methyl sites for hydroxylation is 1. The van der Waals surface area contributed by atoms with Crippen molar-refractivity contribution in [2.24, 2.45) is 0 Å². The van der Waals surface area contributed by atoms with Crippen LogP contribution in [0.15, 0.2) is 72.9 Å². The molecule has 3 aromatic heterocycles. The van der Waals surface area contributed by atoms with E-state index in [1.54, 1.807) is 11.3 Å². The van der Waals surface area contributed by atoms with Crippen molar-refractivity contribution in [3.8, 4) is 21.7 Å². The summed E-state index contributed by atoms with van der Waals surface area (Å²) in [5.74, 6) is 0.0621. The molecule has 34 heavy (non-hydrogen) atoms. The number of rotatable bonds is 7. The number of fused-ring (bicyclic) bond motifs is 2. The van der Waals surface area contributed by atoms with Gasteiger partial charge in [-0.05, 0) is 61.5 Å². The minimum absolute atomic E-state index is 0.0621. The molecule has 0 spiro atoms. The van der Waals surface area contributed by atoms with Gasteiger partial charge in [0.1, 0.15) is 5.65 Å². The highest BCUT2D eigenvalue weighted by Crippen LogP contribution is 2.35. The predicted octanol–water partition coefficient (Wildman–Crippen LogP) is 7.38. The summed E-state index contributed by atoms with van der Waals surface area (Å²) in [5, 5.41) is 5.01. The van der Waals surface area contributed by atoms with E-state index in [4.69, 9.17) is 16.6 Å². The molecule has 5 aromatic rings. The van der Waals surface area contributed by atoms with E-state index in [1.165, 1.54) is 15.0 Å². The zero-order valence-electron chi connectivity index (χ0n) is 19.2. The summed E-state index contributed by atoms with van der Waals surface area (Å²) in [5.41, 5.74) is 4.92. The zero-order valence-corrected chi connectivity index (χ0v) is 20.8. The molecule has 0 aliphatic carbocycles. The number of imidazole rings is 1. The Hall–Kier alpha value is -3.15. The molecule has 4 nitrogen and oxygen atoms in total. The lowest BCUT2D eigenvalue weighted by Crippen LogP contribution is -2.32. The van der Waals surface area contributed by atoms with Crippen molar-refractivity contribution in [3.05, 3.63) is 83.6 Å². The van der Waals surface area contributed by atoms with E-state index in [9.17, 15) is 4.79 Å². The summed E-state index contributed by atoms with van der Waals surface area (Å²) in [4.78, 5) is 18.7. The number of benzene rings is 2. The highest BCUT2D eigenvalue weighted by Gasteiger charge is 2.17. The molecule has 1 atom stereocenters. The maximum atomic E-state index is 12.6. The lowest BCUT2D eigenvalue weighted by atomic mass is 10.1. The Kier molecular flexibility index (Phi) is 6.40. The second-order valence-electron chi connectivity index (χ2n) is 8.59. The average Bonchev–Trinajstić information content (AvgIpc) is 3.44. The van der Waals surface area contributed by atoms with Crippen molar-refractivity contribution in [2.45, 2.75) is 39.2 Å². The number of aromatic nitrogens is 2. The van der Waals surface area contributed by atoms with E-state index in [1.807, 2.05) is 31.2 Å². The monoisotopic (exact) mass is 487 g/mol. The number of pyridine rings is 1. The number of carbonyl (C=O) groups is 1. The third-order valence-electron chi connectivity index (χ3n) is 6.15. The molecular formula is C28H26ClN3OS. The first-order valence-corrected chi connectivity index (χ1v) is 12.8. The normalized spacial score (nSPS) is 12.3. The molecular weight excluding hydrogens is 462 g/mol. The number of nitrogens with one attached hydrogen (secondary N) is 1. The maximum Gasteiger partial charge on any atom is 0.220 e. The first kappa shape index (κ1) is 22.6. The molecule has 1 amide bonds. The minimum Gasteiger partial charge on any atom is -0.354 e. The third-order valence-corrected chi connectivity index (χ3v) is 7.57. The summed E-state index contributed by atoms with van der Waals surface area (Å²) >= 11 is 7.91. The number of hydrogen-bond acceptors (Lipinski definition) is 3. The van der Waals surface area contributed by atoms with E-state index >= 15 is 0 Å². The number of amides is 1. The van der Waals surface area contributed by atoms with Crippen LogP contribution in [0.1, 0.15) is 32.4 Å². The SMILES string of the molecule is CCC(C)NC(=O)CCc1c(-c2ccc(Cl)cc2)nc2ccc(-c3cc4ccccc4s3)cn12. The van der Waals surface area contributed by atoms with Crippen molar-refractivity contribution in [1.29, 1.82) is 0 Å². The minimum atomic E-state index is 0.0621. The molecule has 1 unspecified atom stereocenters. The molecule has 1 N–H and O–H groups in total. The molecule has 5 rings (SSSR count). The molecule has 0 saturated carbocycles. The van der Waals surface area contributed by atoms with E-state index in [2.05, 4.69) is 65.3 Å². The lowest BCUT2D eigenvalue weighted by molar-refractivity contribution is -0.121. The molecule has 172 valence electrons. The van der Waals surface area contributed by atoms with Crippen LogP contribution in [0.25, 0.3) is 37.4 Å². The van der Waals surface area contributed by atoms with E-state index in [0.29, 0.717) is 17.9 Å². The van der Waals surface area contributed by atoms with Crippen LogP contribution >= 0.6 is 22.9 Å². The predicted molar refractivity (Wildman–Crippen MR) is 143 cm³/mol. The summed E-state index contributed by atoms with van der Waals surface area (Å²) in [7, 11) is 0. The summed E-state index contributed by atoms with van der Waals surface area (Å²) in [6, 6.07) is 22.7. The topological polar surface area (TPSA) is 46.4 Å². The van der Waals surface area contributed by atoms with Crippen molar-refractivity contribution < 1.29 is 4.79 Å². The molecule has 0 bridgehead atoms. The van der Waals surface area contributed by atoms with Gasteiger partial charge in [-0.2, -0.15) is 0 Å². The number of nitrogens with zero attached hydrogens (tertiary/aromatic N) is 2. The van der Waals surface area contributed by atoms with Crippen molar-refractivity contribution in [2.75, 3.05) is 0 Å². The smallest absolute Gasteiger partial charge is 0.220 e. The van der Waals surface area contributed by atoms with Crippen LogP contribution < -0.4 is 5.32 Å². The van der Waals surface area contributed by atoms with Gasteiger partial charge in [-0.3, -0.25) is 4.79 Å². The zero-order chi connectivity index (χ0) is 23.7. The Morgan fingerprint density at radius 1 is 1.09 bits per heavy atom. The Labute approximate surface area is 208 Å². The molecule has 3 heterocycles. The highest BCUT2D eigenvalue weighted by atomic mass is 35.5. The van der Waals surface area contributed by atoms with Crippen molar-refractivity contribution in [3.63, 3.8) is 0 Å². The Balaban J connectivity index is 1.57. The Morgan fingerprint density at radius 3 is 2.62 bits per heavy atom. The van der Waals surface area contributed by atoms with Crippen LogP contribution in [-0.2, 0) is 11.2 Å². The van der Waals surface area contributed by atoms with Crippen LogP contribution in [0.5, 0.6) is 0 Å². The van der Waals surface area contributed by atoms with Gasteiger partial charge in [0.2, 0.25) is 5.91 Å². The quantitative estimate of drug-likeness (QED) is 0.260. The van der Waals surface area contributed by atoms with Crippen molar-refractivity contribution in [1.82, 2.24) is 14.7 Å². The van der Waals surface area contributed by atoms with Gasteiger partial charge in [0.25, 0.3) is 0 Å². The fourth-order valence-corrected chi connectivity index (χ4v) is 5.30. The van der Waals surface area contributed by atoms with Gasteiger partial charge < -0.3 is 9.72 Å². The van der Waals surface area contributed by atoms with Crippen LogP contribution in [-0.4, -0.2) is 21.3 Å². The van der Waals surface area contributed by atoms with E-state index in [0.717, 1.165) is 34.6 Å². The first-order chi connectivity index (χ1) is 16.5. The molecule has 0 radical (unpaired) electrons. The highest BCUT2D eigenvalue weighted by molar-refractivity contribution is 7.22. The van der Waals surface area contributed by atoms with E-state index in [-0.39, 0.29) is 11.9 Å². The van der Waals surface area contributed by atoms with Gasteiger partial charge in [-0.25, -0.2) is 4.98 Å². The summed E-state index contributed by atoms with van der Waals surface area (Å²) in [6.45, 7) is 4.10. The number of halogens is 1. The Morgan fingerprint density at radius 2 is 1.85 bits per heavy atom. The second kappa shape index (κ2) is 9.61. The van der Waals surface area contributed by atoms with Crippen LogP contribution in [0.2, 0.25) is 5.02 Å². The number of hydrogen-bond donors (Lipinski definition) is 1. The van der Waals surface area contributed by atoms with Gasteiger partial charge in [0.05, 0.1) is 11.4 Å².